The van der Waals surface area contributed by atoms with Crippen molar-refractivity contribution in [2.75, 3.05) is 12.9 Å². The van der Waals surface area contributed by atoms with Crippen LogP contribution in [0.4, 0.5) is 0 Å². The minimum atomic E-state index is -3.03. The van der Waals surface area contributed by atoms with E-state index in [2.05, 4.69) is 0 Å². The molecule has 1 fully saturated rings. The van der Waals surface area contributed by atoms with Gasteiger partial charge in [-0.15, -0.1) is 0 Å². The number of sulfone groups is 1. The van der Waals surface area contributed by atoms with Gasteiger partial charge in [0.1, 0.15) is 0 Å². The van der Waals surface area contributed by atoms with Gasteiger partial charge in [0.15, 0.2) is 21.3 Å². The van der Waals surface area contributed by atoms with Crippen molar-refractivity contribution < 1.29 is 17.9 Å². The van der Waals surface area contributed by atoms with E-state index in [-0.39, 0.29) is 11.9 Å². The summed E-state index contributed by atoms with van der Waals surface area (Å²) in [7, 11) is -1.41. The fourth-order valence-corrected chi connectivity index (χ4v) is 4.26. The Morgan fingerprint density at radius 2 is 1.90 bits per heavy atom. The van der Waals surface area contributed by atoms with Gasteiger partial charge in [-0.1, -0.05) is 6.07 Å². The SMILES string of the molecule is COc1ccc(C2=CS(=O)(=O)CC2)cc1OC1CCCC1. The summed E-state index contributed by atoms with van der Waals surface area (Å²) in [5.41, 5.74) is 1.76. The number of rotatable bonds is 4. The van der Waals surface area contributed by atoms with Crippen molar-refractivity contribution in [1.29, 1.82) is 0 Å². The van der Waals surface area contributed by atoms with Crippen molar-refractivity contribution in [3.8, 4) is 11.5 Å². The van der Waals surface area contributed by atoms with E-state index in [1.54, 1.807) is 7.11 Å². The highest BCUT2D eigenvalue weighted by Gasteiger charge is 2.22. The molecule has 4 nitrogen and oxygen atoms in total. The van der Waals surface area contributed by atoms with Crippen LogP contribution in [0.2, 0.25) is 0 Å². The molecular formula is C16H20O4S. The lowest BCUT2D eigenvalue weighted by molar-refractivity contribution is 0.200. The first-order valence-corrected chi connectivity index (χ1v) is 9.07. The second-order valence-corrected chi connectivity index (χ2v) is 7.62. The standard InChI is InChI=1S/C16H20O4S/c1-19-15-7-6-12(13-8-9-21(17,18)11-13)10-16(15)20-14-4-2-3-5-14/h6-7,10-11,14H,2-5,8-9H2,1H3. The smallest absolute Gasteiger partial charge is 0.172 e. The molecule has 0 bridgehead atoms. The Labute approximate surface area is 125 Å². The zero-order chi connectivity index (χ0) is 14.9. The average Bonchev–Trinajstić information content (AvgIpc) is 3.08. The maximum Gasteiger partial charge on any atom is 0.172 e. The maximum atomic E-state index is 11.6. The minimum Gasteiger partial charge on any atom is -0.493 e. The fraction of sp³-hybridized carbons (Fsp3) is 0.500. The zero-order valence-corrected chi connectivity index (χ0v) is 13.0. The highest BCUT2D eigenvalue weighted by molar-refractivity contribution is 7.94. The van der Waals surface area contributed by atoms with Gasteiger partial charge in [0.2, 0.25) is 0 Å². The molecule has 1 aromatic carbocycles. The Morgan fingerprint density at radius 3 is 2.52 bits per heavy atom. The monoisotopic (exact) mass is 308 g/mol. The van der Waals surface area contributed by atoms with Crippen LogP contribution in [0, 0.1) is 0 Å². The lowest BCUT2D eigenvalue weighted by Gasteiger charge is -2.17. The van der Waals surface area contributed by atoms with E-state index < -0.39 is 9.84 Å². The van der Waals surface area contributed by atoms with Crippen molar-refractivity contribution in [3.63, 3.8) is 0 Å². The molecule has 0 radical (unpaired) electrons. The topological polar surface area (TPSA) is 52.6 Å². The van der Waals surface area contributed by atoms with E-state index in [9.17, 15) is 8.42 Å². The van der Waals surface area contributed by atoms with Gasteiger partial charge < -0.3 is 9.47 Å². The highest BCUT2D eigenvalue weighted by Crippen LogP contribution is 2.36. The fourth-order valence-electron chi connectivity index (χ4n) is 2.95. The van der Waals surface area contributed by atoms with Crippen molar-refractivity contribution in [2.45, 2.75) is 38.2 Å². The first kappa shape index (κ1) is 14.4. The predicted molar refractivity (Wildman–Crippen MR) is 82.3 cm³/mol. The Morgan fingerprint density at radius 1 is 1.14 bits per heavy atom. The second-order valence-electron chi connectivity index (χ2n) is 5.65. The highest BCUT2D eigenvalue weighted by atomic mass is 32.2. The molecule has 2 aliphatic rings. The van der Waals surface area contributed by atoms with Gasteiger partial charge in [0.05, 0.1) is 19.0 Å². The summed E-state index contributed by atoms with van der Waals surface area (Å²) in [4.78, 5) is 0. The number of benzene rings is 1. The van der Waals surface area contributed by atoms with Gasteiger partial charge in [-0.3, -0.25) is 0 Å². The molecule has 21 heavy (non-hydrogen) atoms. The maximum absolute atomic E-state index is 11.6. The number of hydrogen-bond acceptors (Lipinski definition) is 4. The third-order valence-electron chi connectivity index (χ3n) is 4.11. The van der Waals surface area contributed by atoms with Crippen LogP contribution in [0.3, 0.4) is 0 Å². The predicted octanol–water partition coefficient (Wildman–Crippen LogP) is 3.18. The number of hydrogen-bond donors (Lipinski definition) is 0. The largest absolute Gasteiger partial charge is 0.493 e. The molecule has 0 aromatic heterocycles. The normalized spacial score (nSPS) is 21.3. The van der Waals surface area contributed by atoms with Gasteiger partial charge in [-0.05, 0) is 55.4 Å². The van der Waals surface area contributed by atoms with E-state index in [1.165, 1.54) is 18.2 Å². The van der Waals surface area contributed by atoms with Crippen LogP contribution in [-0.4, -0.2) is 27.4 Å². The second kappa shape index (κ2) is 5.72. The van der Waals surface area contributed by atoms with Crippen LogP contribution >= 0.6 is 0 Å². The summed E-state index contributed by atoms with van der Waals surface area (Å²) in [6.45, 7) is 0. The van der Waals surface area contributed by atoms with Crippen LogP contribution in [0.25, 0.3) is 5.57 Å². The molecule has 1 aliphatic heterocycles. The van der Waals surface area contributed by atoms with Crippen molar-refractivity contribution >= 4 is 15.4 Å². The Bertz CT molecular complexity index is 655. The Hall–Kier alpha value is -1.49. The van der Waals surface area contributed by atoms with E-state index in [1.807, 2.05) is 18.2 Å². The molecule has 1 heterocycles. The zero-order valence-electron chi connectivity index (χ0n) is 12.2. The quantitative estimate of drug-likeness (QED) is 0.857. The number of methoxy groups -OCH3 is 1. The van der Waals surface area contributed by atoms with Crippen LogP contribution < -0.4 is 9.47 Å². The Balaban J connectivity index is 1.89. The summed E-state index contributed by atoms with van der Waals surface area (Å²) < 4.78 is 34.5. The van der Waals surface area contributed by atoms with E-state index in [0.717, 1.165) is 24.0 Å². The molecule has 3 rings (SSSR count). The van der Waals surface area contributed by atoms with Crippen molar-refractivity contribution in [1.82, 2.24) is 0 Å². The molecular weight excluding hydrogens is 288 g/mol. The molecule has 0 N–H and O–H groups in total. The first-order valence-electron chi connectivity index (χ1n) is 7.36. The van der Waals surface area contributed by atoms with Crippen LogP contribution in [-0.2, 0) is 9.84 Å². The molecule has 1 aromatic rings. The molecule has 0 unspecified atom stereocenters. The van der Waals surface area contributed by atoms with Gasteiger partial charge in [-0.25, -0.2) is 8.42 Å². The van der Waals surface area contributed by atoms with Gasteiger partial charge in [-0.2, -0.15) is 0 Å². The van der Waals surface area contributed by atoms with E-state index >= 15 is 0 Å². The molecule has 0 amide bonds. The summed E-state index contributed by atoms with van der Waals surface area (Å²) in [6.07, 6.45) is 5.37. The van der Waals surface area contributed by atoms with Gasteiger partial charge in [0.25, 0.3) is 0 Å². The molecule has 1 aliphatic carbocycles. The summed E-state index contributed by atoms with van der Waals surface area (Å²) in [5, 5.41) is 1.38. The third-order valence-corrected chi connectivity index (χ3v) is 5.52. The van der Waals surface area contributed by atoms with Gasteiger partial charge >= 0.3 is 0 Å². The first-order chi connectivity index (χ1) is 10.1. The lowest BCUT2D eigenvalue weighted by Crippen LogP contribution is -2.11. The summed E-state index contributed by atoms with van der Waals surface area (Å²) in [5.74, 6) is 1.62. The van der Waals surface area contributed by atoms with Crippen LogP contribution in [0.5, 0.6) is 11.5 Å². The Kier molecular flexibility index (Phi) is 3.93. The molecule has 114 valence electrons. The number of ether oxygens (including phenoxy) is 2. The third kappa shape index (κ3) is 3.23. The molecule has 0 spiro atoms. The van der Waals surface area contributed by atoms with Gasteiger partial charge in [0, 0.05) is 5.41 Å². The average molecular weight is 308 g/mol. The molecule has 0 saturated heterocycles. The van der Waals surface area contributed by atoms with Crippen molar-refractivity contribution in [3.05, 3.63) is 29.2 Å². The van der Waals surface area contributed by atoms with Crippen LogP contribution in [0.15, 0.2) is 23.6 Å². The van der Waals surface area contributed by atoms with E-state index in [4.69, 9.17) is 9.47 Å². The van der Waals surface area contributed by atoms with Crippen molar-refractivity contribution in [2.24, 2.45) is 0 Å². The molecule has 5 heteroatoms. The molecule has 1 saturated carbocycles. The van der Waals surface area contributed by atoms with E-state index in [0.29, 0.717) is 17.9 Å². The lowest BCUT2D eigenvalue weighted by atomic mass is 10.0. The summed E-state index contributed by atoms with van der Waals surface area (Å²) in [6, 6.07) is 5.65. The molecule has 0 atom stereocenters. The number of allylic oxidation sites excluding steroid dienone is 1. The van der Waals surface area contributed by atoms with Crippen LogP contribution in [0.1, 0.15) is 37.7 Å². The minimum absolute atomic E-state index is 0.202. The summed E-state index contributed by atoms with van der Waals surface area (Å²) >= 11 is 0.